The van der Waals surface area contributed by atoms with Crippen LogP contribution >= 0.6 is 0 Å². The van der Waals surface area contributed by atoms with E-state index in [9.17, 15) is 10.2 Å². The molecule has 0 bridgehead atoms. The van der Waals surface area contributed by atoms with E-state index >= 15 is 0 Å². The summed E-state index contributed by atoms with van der Waals surface area (Å²) < 4.78 is 6.26. The zero-order valence-electron chi connectivity index (χ0n) is 15.1. The molecule has 1 aromatic carbocycles. The van der Waals surface area contributed by atoms with E-state index in [1.807, 2.05) is 13.0 Å². The Morgan fingerprint density at radius 2 is 2.08 bits per heavy atom. The molecule has 0 unspecified atom stereocenters. The van der Waals surface area contributed by atoms with Crippen LogP contribution in [0.1, 0.15) is 69.9 Å². The molecule has 3 rings (SSSR count). The first-order chi connectivity index (χ1) is 11.5. The molecule has 0 spiro atoms. The van der Waals surface area contributed by atoms with Gasteiger partial charge in [-0.25, -0.2) is 0 Å². The highest BCUT2D eigenvalue weighted by atomic mass is 16.5. The second kappa shape index (κ2) is 6.79. The molecule has 132 valence electrons. The van der Waals surface area contributed by atoms with Gasteiger partial charge >= 0.3 is 0 Å². The Hall–Kier alpha value is -1.48. The van der Waals surface area contributed by atoms with Crippen molar-refractivity contribution in [1.29, 1.82) is 0 Å². The minimum atomic E-state index is -0.580. The lowest BCUT2D eigenvalue weighted by atomic mass is 9.67. The molecule has 3 atom stereocenters. The van der Waals surface area contributed by atoms with Gasteiger partial charge in [-0.2, -0.15) is 0 Å². The number of benzene rings is 1. The van der Waals surface area contributed by atoms with Crippen molar-refractivity contribution >= 4 is 0 Å². The number of aliphatic hydroxyl groups excluding tert-OH is 1. The summed E-state index contributed by atoms with van der Waals surface area (Å²) in [6.07, 6.45) is 8.74. The number of ether oxygens (including phenoxy) is 1. The minimum absolute atomic E-state index is 0.00131. The quantitative estimate of drug-likeness (QED) is 0.607. The maximum absolute atomic E-state index is 10.7. The predicted octanol–water partition coefficient (Wildman–Crippen LogP) is 4.71. The Kier molecular flexibility index (Phi) is 4.91. The van der Waals surface area contributed by atoms with Crippen molar-refractivity contribution < 1.29 is 14.9 Å². The second-order valence-corrected chi connectivity index (χ2v) is 7.74. The van der Waals surface area contributed by atoms with E-state index < -0.39 is 5.60 Å². The molecule has 1 aromatic rings. The van der Waals surface area contributed by atoms with Gasteiger partial charge in [0.1, 0.15) is 17.1 Å². The first kappa shape index (κ1) is 17.3. The molecule has 0 saturated carbocycles. The van der Waals surface area contributed by atoms with Crippen LogP contribution in [-0.2, 0) is 6.42 Å². The largest absolute Gasteiger partial charge is 0.507 e. The van der Waals surface area contributed by atoms with Crippen LogP contribution in [-0.4, -0.2) is 22.4 Å². The van der Waals surface area contributed by atoms with E-state index in [0.29, 0.717) is 5.75 Å². The maximum atomic E-state index is 10.7. The fourth-order valence-electron chi connectivity index (χ4n) is 4.33. The average molecular weight is 330 g/mol. The van der Waals surface area contributed by atoms with Gasteiger partial charge < -0.3 is 14.9 Å². The van der Waals surface area contributed by atoms with Crippen LogP contribution in [0.2, 0.25) is 0 Å². The molecule has 3 heteroatoms. The van der Waals surface area contributed by atoms with E-state index in [2.05, 4.69) is 26.0 Å². The Morgan fingerprint density at radius 1 is 1.29 bits per heavy atom. The van der Waals surface area contributed by atoms with E-state index in [1.54, 1.807) is 0 Å². The van der Waals surface area contributed by atoms with Gasteiger partial charge in [0.2, 0.25) is 0 Å². The summed E-state index contributed by atoms with van der Waals surface area (Å²) in [4.78, 5) is 0. The number of phenols is 1. The topological polar surface area (TPSA) is 49.7 Å². The van der Waals surface area contributed by atoms with Crippen LogP contribution < -0.4 is 4.74 Å². The van der Waals surface area contributed by atoms with E-state index in [4.69, 9.17) is 4.74 Å². The smallest absolute Gasteiger partial charge is 0.133 e. The molecule has 2 aliphatic rings. The summed E-state index contributed by atoms with van der Waals surface area (Å²) in [7, 11) is 0. The molecule has 1 heterocycles. The average Bonchev–Trinajstić information content (AvgIpc) is 2.54. The van der Waals surface area contributed by atoms with E-state index in [0.717, 1.165) is 42.6 Å². The number of phenolic OH excluding ortho intramolecular Hbond substituents is 1. The van der Waals surface area contributed by atoms with Gasteiger partial charge in [0.15, 0.2) is 0 Å². The summed E-state index contributed by atoms with van der Waals surface area (Å²) >= 11 is 0. The van der Waals surface area contributed by atoms with Crippen molar-refractivity contribution in [2.24, 2.45) is 5.92 Å². The number of hydrogen-bond acceptors (Lipinski definition) is 3. The third-order valence-electron chi connectivity index (χ3n) is 5.77. The third-order valence-corrected chi connectivity index (χ3v) is 5.77. The molecule has 0 aromatic heterocycles. The minimum Gasteiger partial charge on any atom is -0.507 e. The fraction of sp³-hybridized carbons (Fsp3) is 0.619. The van der Waals surface area contributed by atoms with Crippen LogP contribution in [0.4, 0.5) is 0 Å². The maximum Gasteiger partial charge on any atom is 0.133 e. The van der Waals surface area contributed by atoms with Gasteiger partial charge in [0.05, 0.1) is 6.61 Å². The van der Waals surface area contributed by atoms with Crippen LogP contribution in [0.15, 0.2) is 23.8 Å². The zero-order chi connectivity index (χ0) is 17.3. The van der Waals surface area contributed by atoms with Crippen molar-refractivity contribution in [3.05, 3.63) is 34.9 Å². The Balaban J connectivity index is 2.01. The SMILES string of the molecule is CCCCCc1cc(O)c2c(c1)O[C@@](C)(CO)[C@@H]1CCC(C)=C[C@@H]21. The van der Waals surface area contributed by atoms with Crippen LogP contribution in [0.25, 0.3) is 0 Å². The highest BCUT2D eigenvalue weighted by Gasteiger charge is 2.47. The number of hydrogen-bond donors (Lipinski definition) is 2. The van der Waals surface area contributed by atoms with Gasteiger partial charge in [-0.05, 0) is 57.2 Å². The lowest BCUT2D eigenvalue weighted by Crippen LogP contribution is -2.50. The number of aromatic hydroxyl groups is 1. The number of aryl methyl sites for hydroxylation is 1. The first-order valence-corrected chi connectivity index (χ1v) is 9.31. The van der Waals surface area contributed by atoms with Crippen molar-refractivity contribution in [2.75, 3.05) is 6.61 Å². The van der Waals surface area contributed by atoms with Crippen molar-refractivity contribution in [1.82, 2.24) is 0 Å². The predicted molar refractivity (Wildman–Crippen MR) is 96.7 cm³/mol. The fourth-order valence-corrected chi connectivity index (χ4v) is 4.33. The molecule has 1 aliphatic heterocycles. The van der Waals surface area contributed by atoms with Gasteiger partial charge in [0, 0.05) is 17.4 Å². The molecule has 3 nitrogen and oxygen atoms in total. The molecule has 0 radical (unpaired) electrons. The van der Waals surface area contributed by atoms with Crippen molar-refractivity contribution in [3.63, 3.8) is 0 Å². The number of rotatable bonds is 5. The molecular weight excluding hydrogens is 300 g/mol. The van der Waals surface area contributed by atoms with Crippen molar-refractivity contribution in [2.45, 2.75) is 70.8 Å². The molecule has 0 saturated heterocycles. The first-order valence-electron chi connectivity index (χ1n) is 9.31. The van der Waals surface area contributed by atoms with Crippen LogP contribution in [0.3, 0.4) is 0 Å². The number of unbranched alkanes of at least 4 members (excludes halogenated alkanes) is 2. The lowest BCUT2D eigenvalue weighted by Gasteiger charge is -2.47. The van der Waals surface area contributed by atoms with Crippen molar-refractivity contribution in [3.8, 4) is 11.5 Å². The van der Waals surface area contributed by atoms with Crippen LogP contribution in [0.5, 0.6) is 11.5 Å². The Labute approximate surface area is 145 Å². The molecule has 1 aliphatic carbocycles. The molecule has 2 N–H and O–H groups in total. The molecule has 0 fully saturated rings. The highest BCUT2D eigenvalue weighted by molar-refractivity contribution is 5.54. The second-order valence-electron chi connectivity index (χ2n) is 7.74. The van der Waals surface area contributed by atoms with Gasteiger partial charge in [0.25, 0.3) is 0 Å². The number of allylic oxidation sites excluding steroid dienone is 2. The monoisotopic (exact) mass is 330 g/mol. The zero-order valence-corrected chi connectivity index (χ0v) is 15.1. The summed E-state index contributed by atoms with van der Waals surface area (Å²) in [6, 6.07) is 3.99. The van der Waals surface area contributed by atoms with Gasteiger partial charge in [-0.1, -0.05) is 31.4 Å². The molecule has 24 heavy (non-hydrogen) atoms. The lowest BCUT2D eigenvalue weighted by molar-refractivity contribution is -0.0475. The van der Waals surface area contributed by atoms with Crippen LogP contribution in [0, 0.1) is 5.92 Å². The Morgan fingerprint density at radius 3 is 2.79 bits per heavy atom. The summed E-state index contributed by atoms with van der Waals surface area (Å²) in [5, 5.41) is 20.7. The number of aliphatic hydroxyl groups is 1. The normalized spacial score (nSPS) is 28.6. The highest BCUT2D eigenvalue weighted by Crippen LogP contribution is 2.53. The molecule has 0 amide bonds. The summed E-state index contributed by atoms with van der Waals surface area (Å²) in [5.74, 6) is 1.44. The standard InChI is InChI=1S/C21H30O3/c1-4-5-6-7-15-11-18(23)20-16-10-14(2)8-9-17(16)21(3,13-22)24-19(20)12-15/h10-12,16-17,22-23H,4-9,13H2,1-3H3/t16-,17-,21+/m1/s1. The third kappa shape index (κ3) is 3.06. The van der Waals surface area contributed by atoms with E-state index in [1.165, 1.54) is 18.4 Å². The van der Waals surface area contributed by atoms with Gasteiger partial charge in [-0.3, -0.25) is 0 Å². The Bertz CT molecular complexity index is 634. The molecular formula is C21H30O3. The summed E-state index contributed by atoms with van der Waals surface area (Å²) in [5.41, 5.74) is 2.80. The van der Waals surface area contributed by atoms with E-state index in [-0.39, 0.29) is 18.4 Å². The summed E-state index contributed by atoms with van der Waals surface area (Å²) in [6.45, 7) is 6.35. The number of fused-ring (bicyclic) bond motifs is 3. The van der Waals surface area contributed by atoms with Gasteiger partial charge in [-0.15, -0.1) is 0 Å².